The zero-order chi connectivity index (χ0) is 22.5. The molecule has 0 bridgehead atoms. The van der Waals surface area contributed by atoms with Gasteiger partial charge in [0.2, 0.25) is 5.60 Å². The lowest BCUT2D eigenvalue weighted by Gasteiger charge is -2.13. The molecule has 3 aromatic rings. The second kappa shape index (κ2) is 7.35. The minimum Gasteiger partial charge on any atom is -0.369 e. The fourth-order valence-electron chi connectivity index (χ4n) is 3.83. The van der Waals surface area contributed by atoms with Crippen LogP contribution in [0.4, 0.5) is 5.82 Å². The summed E-state index contributed by atoms with van der Waals surface area (Å²) >= 11 is 0. The molecule has 162 valence electrons. The lowest BCUT2D eigenvalue weighted by Crippen LogP contribution is -2.37. The van der Waals surface area contributed by atoms with Gasteiger partial charge in [-0.2, -0.15) is 5.10 Å². The van der Waals surface area contributed by atoms with Crippen LogP contribution in [-0.2, 0) is 4.79 Å². The number of aliphatic hydroxyl groups is 1. The van der Waals surface area contributed by atoms with Gasteiger partial charge in [-0.15, -0.1) is 0 Å². The lowest BCUT2D eigenvalue weighted by atomic mass is 10.0. The number of likely N-dealkylation sites (N-methyl/N-ethyl adjacent to an activating group) is 1. The number of hydrogen-bond acceptors (Lipinski definition) is 6. The molecular formula is C23H22N6O3. The van der Waals surface area contributed by atoms with E-state index in [0.29, 0.717) is 40.6 Å². The van der Waals surface area contributed by atoms with Crippen LogP contribution in [-0.4, -0.2) is 61.8 Å². The minimum absolute atomic E-state index is 0.140. The first kappa shape index (κ1) is 20.0. The molecule has 32 heavy (non-hydrogen) atoms. The molecular weight excluding hydrogens is 408 g/mol. The van der Waals surface area contributed by atoms with Crippen molar-refractivity contribution in [2.75, 3.05) is 18.9 Å². The van der Waals surface area contributed by atoms with E-state index in [1.165, 1.54) is 4.90 Å². The van der Waals surface area contributed by atoms with Gasteiger partial charge in [0.1, 0.15) is 5.82 Å². The van der Waals surface area contributed by atoms with Crippen molar-refractivity contribution in [3.05, 3.63) is 47.8 Å². The molecule has 2 aliphatic rings. The largest absolute Gasteiger partial charge is 0.369 e. The van der Waals surface area contributed by atoms with Gasteiger partial charge in [0.05, 0.1) is 16.6 Å². The summed E-state index contributed by atoms with van der Waals surface area (Å²) in [7, 11) is 1.64. The number of rotatable bonds is 4. The molecule has 2 amide bonds. The third-order valence-electron chi connectivity index (χ3n) is 5.76. The number of fused-ring (bicyclic) bond motifs is 1. The number of nitrogens with one attached hydrogen (secondary N) is 1. The molecule has 0 spiro atoms. The Balaban J connectivity index is 1.56. The van der Waals surface area contributed by atoms with Crippen molar-refractivity contribution in [1.29, 1.82) is 0 Å². The SMILES string of the molecule is CN1CC[C@@](O)(C#Cc2cccc(-n3nc(C(N)=O)c4c(NC5CC5)nccc43)c2)C1=O. The first-order valence-corrected chi connectivity index (χ1v) is 10.4. The summed E-state index contributed by atoms with van der Waals surface area (Å²) in [5, 5.41) is 18.9. The molecule has 0 radical (unpaired) electrons. The second-order valence-electron chi connectivity index (χ2n) is 8.23. The van der Waals surface area contributed by atoms with E-state index >= 15 is 0 Å². The van der Waals surface area contributed by atoms with Gasteiger partial charge in [0.15, 0.2) is 5.69 Å². The fourth-order valence-corrected chi connectivity index (χ4v) is 3.83. The first-order valence-electron chi connectivity index (χ1n) is 10.4. The highest BCUT2D eigenvalue weighted by atomic mass is 16.3. The van der Waals surface area contributed by atoms with Gasteiger partial charge >= 0.3 is 0 Å². The van der Waals surface area contributed by atoms with Crippen molar-refractivity contribution in [2.24, 2.45) is 5.73 Å². The molecule has 1 saturated carbocycles. The number of benzene rings is 1. The third-order valence-corrected chi connectivity index (χ3v) is 5.76. The quantitative estimate of drug-likeness (QED) is 0.531. The fraction of sp³-hybridized carbons (Fsp3) is 0.304. The number of carbonyl (C=O) groups excluding carboxylic acids is 2. The maximum Gasteiger partial charge on any atom is 0.270 e. The number of amides is 2. The van der Waals surface area contributed by atoms with E-state index in [1.54, 1.807) is 42.2 Å². The lowest BCUT2D eigenvalue weighted by molar-refractivity contribution is -0.137. The predicted octanol–water partition coefficient (Wildman–Crippen LogP) is 1.04. The standard InChI is InChI=1S/C23H22N6O3/c1-28-12-10-23(32,22(28)31)9-7-14-3-2-4-16(13-14)29-17-8-11-25-21(26-15-5-6-15)18(17)19(27-29)20(24)30/h2-4,8,11,13,15,32H,5-6,10,12H2,1H3,(H2,24,30)(H,25,26)/t23-/m0/s1. The number of anilines is 1. The summed E-state index contributed by atoms with van der Waals surface area (Å²) < 4.78 is 1.63. The summed E-state index contributed by atoms with van der Waals surface area (Å²) in [6.45, 7) is 0.463. The van der Waals surface area contributed by atoms with Crippen LogP contribution < -0.4 is 11.1 Å². The molecule has 2 fully saturated rings. The van der Waals surface area contributed by atoms with Crippen molar-refractivity contribution in [2.45, 2.75) is 30.9 Å². The zero-order valence-corrected chi connectivity index (χ0v) is 17.5. The smallest absolute Gasteiger partial charge is 0.270 e. The van der Waals surface area contributed by atoms with Gasteiger partial charge in [-0.3, -0.25) is 9.59 Å². The normalized spacial score (nSPS) is 20.3. The van der Waals surface area contributed by atoms with Crippen LogP contribution in [0.25, 0.3) is 16.6 Å². The highest BCUT2D eigenvalue weighted by Crippen LogP contribution is 2.31. The van der Waals surface area contributed by atoms with E-state index in [9.17, 15) is 14.7 Å². The summed E-state index contributed by atoms with van der Waals surface area (Å²) in [5.41, 5.74) is 6.05. The molecule has 4 N–H and O–H groups in total. The van der Waals surface area contributed by atoms with Gasteiger partial charge in [0.25, 0.3) is 11.8 Å². The van der Waals surface area contributed by atoms with Gasteiger partial charge in [-0.25, -0.2) is 9.67 Å². The Labute approximate surface area is 184 Å². The topological polar surface area (TPSA) is 126 Å². The molecule has 5 rings (SSSR count). The molecule has 9 heteroatoms. The molecule has 0 unspecified atom stereocenters. The Morgan fingerprint density at radius 1 is 1.34 bits per heavy atom. The van der Waals surface area contributed by atoms with E-state index in [0.717, 1.165) is 12.8 Å². The van der Waals surface area contributed by atoms with Gasteiger partial charge in [-0.1, -0.05) is 17.9 Å². The molecule has 3 heterocycles. The molecule has 1 aromatic carbocycles. The maximum atomic E-state index is 12.2. The van der Waals surface area contributed by atoms with Crippen LogP contribution in [0.2, 0.25) is 0 Å². The van der Waals surface area contributed by atoms with Crippen molar-refractivity contribution in [3.8, 4) is 17.5 Å². The Kier molecular flexibility index (Phi) is 4.60. The number of nitrogens with zero attached hydrogens (tertiary/aromatic N) is 4. The van der Waals surface area contributed by atoms with Gasteiger partial charge in [0, 0.05) is 37.8 Å². The molecule has 1 saturated heterocycles. The van der Waals surface area contributed by atoms with E-state index in [4.69, 9.17) is 5.73 Å². The number of nitrogens with two attached hydrogens (primary N) is 1. The van der Waals surface area contributed by atoms with Crippen LogP contribution in [0.1, 0.15) is 35.3 Å². The average Bonchev–Trinajstić information content (AvgIpc) is 3.45. The summed E-state index contributed by atoms with van der Waals surface area (Å²) in [6, 6.07) is 9.32. The van der Waals surface area contributed by atoms with E-state index < -0.39 is 17.4 Å². The zero-order valence-electron chi connectivity index (χ0n) is 17.5. The minimum atomic E-state index is -1.67. The summed E-state index contributed by atoms with van der Waals surface area (Å²) in [6.07, 6.45) is 4.05. The molecule has 9 nitrogen and oxygen atoms in total. The van der Waals surface area contributed by atoms with Crippen LogP contribution in [0.5, 0.6) is 0 Å². The molecule has 1 atom stereocenters. The predicted molar refractivity (Wildman–Crippen MR) is 118 cm³/mol. The average molecular weight is 430 g/mol. The number of primary amides is 1. The van der Waals surface area contributed by atoms with Gasteiger partial charge in [-0.05, 0) is 37.1 Å². The van der Waals surface area contributed by atoms with E-state index in [1.807, 2.05) is 6.07 Å². The van der Waals surface area contributed by atoms with Crippen LogP contribution >= 0.6 is 0 Å². The number of hydrogen-bond donors (Lipinski definition) is 3. The van der Waals surface area contributed by atoms with Crippen LogP contribution in [0.3, 0.4) is 0 Å². The summed E-state index contributed by atoms with van der Waals surface area (Å²) in [4.78, 5) is 30.1. The number of pyridine rings is 1. The monoisotopic (exact) mass is 430 g/mol. The van der Waals surface area contributed by atoms with Gasteiger partial charge < -0.3 is 21.1 Å². The molecule has 1 aliphatic heterocycles. The Morgan fingerprint density at radius 2 is 2.16 bits per heavy atom. The Hall–Kier alpha value is -3.90. The number of aromatic nitrogens is 3. The first-order chi connectivity index (χ1) is 15.4. The third kappa shape index (κ3) is 3.44. The highest BCUT2D eigenvalue weighted by molar-refractivity contribution is 6.08. The Bertz CT molecular complexity index is 1320. The van der Waals surface area contributed by atoms with E-state index in [-0.39, 0.29) is 12.1 Å². The van der Waals surface area contributed by atoms with Crippen molar-refractivity contribution >= 4 is 28.5 Å². The summed E-state index contributed by atoms with van der Waals surface area (Å²) in [5.74, 6) is 5.19. The maximum absolute atomic E-state index is 12.2. The van der Waals surface area contributed by atoms with Crippen LogP contribution in [0, 0.1) is 11.8 Å². The van der Waals surface area contributed by atoms with Crippen molar-refractivity contribution < 1.29 is 14.7 Å². The van der Waals surface area contributed by atoms with Crippen molar-refractivity contribution in [3.63, 3.8) is 0 Å². The molecule has 1 aliphatic carbocycles. The Morgan fingerprint density at radius 3 is 2.84 bits per heavy atom. The highest BCUT2D eigenvalue weighted by Gasteiger charge is 2.42. The van der Waals surface area contributed by atoms with E-state index in [2.05, 4.69) is 27.2 Å². The van der Waals surface area contributed by atoms with Crippen molar-refractivity contribution in [1.82, 2.24) is 19.7 Å². The second-order valence-corrected chi connectivity index (χ2v) is 8.23. The number of carbonyl (C=O) groups is 2. The van der Waals surface area contributed by atoms with Crippen LogP contribution in [0.15, 0.2) is 36.5 Å². The molecule has 2 aromatic heterocycles. The number of likely N-dealkylation sites (tertiary alicyclic amines) is 1.